The van der Waals surface area contributed by atoms with E-state index in [9.17, 15) is 0 Å². The van der Waals surface area contributed by atoms with Gasteiger partial charge in [0.1, 0.15) is 0 Å². The molecule has 2 unspecified atom stereocenters. The molecule has 1 aromatic rings. The molecule has 1 saturated carbocycles. The standard InChI is InChI=1S/C17H28N2/c1-3-18-17-12-8-11-16(17)14-19(4-2)13-15-9-6-5-7-10-15/h5-7,9-10,16-18H,3-4,8,11-14H2,1-2H3. The van der Waals surface area contributed by atoms with Crippen molar-refractivity contribution in [3.63, 3.8) is 0 Å². The third-order valence-electron chi connectivity index (χ3n) is 4.31. The molecule has 2 nitrogen and oxygen atoms in total. The second-order valence-corrected chi connectivity index (χ2v) is 5.67. The number of nitrogens with zero attached hydrogens (tertiary/aromatic N) is 1. The van der Waals surface area contributed by atoms with Crippen molar-refractivity contribution >= 4 is 0 Å². The van der Waals surface area contributed by atoms with E-state index in [2.05, 4.69) is 54.4 Å². The van der Waals surface area contributed by atoms with E-state index in [0.717, 1.165) is 31.6 Å². The van der Waals surface area contributed by atoms with Crippen LogP contribution in [0.5, 0.6) is 0 Å². The maximum atomic E-state index is 3.66. The lowest BCUT2D eigenvalue weighted by atomic mass is 10.0. The highest BCUT2D eigenvalue weighted by molar-refractivity contribution is 5.14. The summed E-state index contributed by atoms with van der Waals surface area (Å²) in [6, 6.07) is 11.6. The Hall–Kier alpha value is -0.860. The molecule has 0 aromatic heterocycles. The maximum Gasteiger partial charge on any atom is 0.0233 e. The predicted molar refractivity (Wildman–Crippen MR) is 82.2 cm³/mol. The molecular weight excluding hydrogens is 232 g/mol. The van der Waals surface area contributed by atoms with Gasteiger partial charge in [0.15, 0.2) is 0 Å². The van der Waals surface area contributed by atoms with E-state index < -0.39 is 0 Å². The molecule has 1 aliphatic carbocycles. The summed E-state index contributed by atoms with van der Waals surface area (Å²) < 4.78 is 0. The van der Waals surface area contributed by atoms with Gasteiger partial charge >= 0.3 is 0 Å². The van der Waals surface area contributed by atoms with Crippen LogP contribution in [0.1, 0.15) is 38.7 Å². The van der Waals surface area contributed by atoms with Crippen molar-refractivity contribution in [3.8, 4) is 0 Å². The smallest absolute Gasteiger partial charge is 0.0233 e. The Labute approximate surface area is 118 Å². The minimum atomic E-state index is 0.745. The van der Waals surface area contributed by atoms with Gasteiger partial charge in [-0.2, -0.15) is 0 Å². The first-order valence-electron chi connectivity index (χ1n) is 7.83. The summed E-state index contributed by atoms with van der Waals surface area (Å²) in [7, 11) is 0. The van der Waals surface area contributed by atoms with Crippen molar-refractivity contribution in [2.24, 2.45) is 5.92 Å². The highest BCUT2D eigenvalue weighted by atomic mass is 15.1. The second-order valence-electron chi connectivity index (χ2n) is 5.67. The van der Waals surface area contributed by atoms with Crippen molar-refractivity contribution in [2.75, 3.05) is 19.6 Å². The molecule has 0 bridgehead atoms. The van der Waals surface area contributed by atoms with Crippen LogP contribution in [0.4, 0.5) is 0 Å². The molecule has 0 amide bonds. The summed E-state index contributed by atoms with van der Waals surface area (Å²) in [5.74, 6) is 0.837. The maximum absolute atomic E-state index is 3.66. The van der Waals surface area contributed by atoms with Gasteiger partial charge in [-0.1, -0.05) is 50.6 Å². The van der Waals surface area contributed by atoms with Crippen LogP contribution in [0.15, 0.2) is 30.3 Å². The Kier molecular flexibility index (Phi) is 5.87. The number of benzene rings is 1. The normalized spacial score (nSPS) is 23.1. The van der Waals surface area contributed by atoms with Gasteiger partial charge in [-0.3, -0.25) is 4.90 Å². The van der Waals surface area contributed by atoms with Crippen molar-refractivity contribution < 1.29 is 0 Å². The third-order valence-corrected chi connectivity index (χ3v) is 4.31. The van der Waals surface area contributed by atoms with E-state index >= 15 is 0 Å². The van der Waals surface area contributed by atoms with Crippen LogP contribution < -0.4 is 5.32 Å². The zero-order chi connectivity index (χ0) is 13.5. The fourth-order valence-corrected chi connectivity index (χ4v) is 3.27. The first kappa shape index (κ1) is 14.5. The van der Waals surface area contributed by atoms with Crippen molar-refractivity contribution in [1.29, 1.82) is 0 Å². The Morgan fingerprint density at radius 2 is 1.95 bits per heavy atom. The third kappa shape index (κ3) is 4.32. The topological polar surface area (TPSA) is 15.3 Å². The predicted octanol–water partition coefficient (Wildman–Crippen LogP) is 3.29. The van der Waals surface area contributed by atoms with Gasteiger partial charge in [-0.15, -0.1) is 0 Å². The summed E-state index contributed by atoms with van der Waals surface area (Å²) in [4.78, 5) is 2.59. The molecule has 19 heavy (non-hydrogen) atoms. The lowest BCUT2D eigenvalue weighted by molar-refractivity contribution is 0.216. The molecular formula is C17H28N2. The lowest BCUT2D eigenvalue weighted by Crippen LogP contribution is -2.39. The molecule has 0 aliphatic heterocycles. The largest absolute Gasteiger partial charge is 0.314 e. The van der Waals surface area contributed by atoms with E-state index in [0.29, 0.717) is 0 Å². The van der Waals surface area contributed by atoms with Gasteiger partial charge in [0.25, 0.3) is 0 Å². The first-order chi connectivity index (χ1) is 9.33. The molecule has 1 N–H and O–H groups in total. The van der Waals surface area contributed by atoms with Crippen LogP contribution in [0.2, 0.25) is 0 Å². The molecule has 2 rings (SSSR count). The Morgan fingerprint density at radius 3 is 2.63 bits per heavy atom. The number of hydrogen-bond donors (Lipinski definition) is 1. The van der Waals surface area contributed by atoms with E-state index in [1.807, 2.05) is 0 Å². The number of rotatable bonds is 7. The molecule has 0 saturated heterocycles. The monoisotopic (exact) mass is 260 g/mol. The first-order valence-corrected chi connectivity index (χ1v) is 7.83. The highest BCUT2D eigenvalue weighted by Gasteiger charge is 2.27. The van der Waals surface area contributed by atoms with Crippen LogP contribution >= 0.6 is 0 Å². The SMILES string of the molecule is CCNC1CCCC1CN(CC)Cc1ccccc1. The Balaban J connectivity index is 1.88. The summed E-state index contributed by atoms with van der Waals surface area (Å²) in [6.45, 7) is 9.07. The van der Waals surface area contributed by atoms with Crippen LogP contribution in [-0.2, 0) is 6.54 Å². The second kappa shape index (κ2) is 7.66. The van der Waals surface area contributed by atoms with Gasteiger partial charge in [0, 0.05) is 19.1 Å². The highest BCUT2D eigenvalue weighted by Crippen LogP contribution is 2.26. The van der Waals surface area contributed by atoms with Crippen molar-refractivity contribution in [3.05, 3.63) is 35.9 Å². The summed E-state index contributed by atoms with van der Waals surface area (Å²) >= 11 is 0. The molecule has 106 valence electrons. The van der Waals surface area contributed by atoms with E-state index in [-0.39, 0.29) is 0 Å². The van der Waals surface area contributed by atoms with Crippen LogP contribution in [0.3, 0.4) is 0 Å². The minimum Gasteiger partial charge on any atom is -0.314 e. The zero-order valence-electron chi connectivity index (χ0n) is 12.4. The summed E-state index contributed by atoms with van der Waals surface area (Å²) in [5.41, 5.74) is 1.43. The average molecular weight is 260 g/mol. The van der Waals surface area contributed by atoms with E-state index in [1.165, 1.54) is 31.4 Å². The quantitative estimate of drug-likeness (QED) is 0.809. The van der Waals surface area contributed by atoms with Crippen molar-refractivity contribution in [2.45, 2.75) is 45.7 Å². The zero-order valence-corrected chi connectivity index (χ0v) is 12.4. The average Bonchev–Trinajstić information content (AvgIpc) is 2.87. The summed E-state index contributed by atoms with van der Waals surface area (Å²) in [5, 5.41) is 3.66. The molecule has 1 fully saturated rings. The molecule has 0 heterocycles. The minimum absolute atomic E-state index is 0.745. The lowest BCUT2D eigenvalue weighted by Gasteiger charge is -2.28. The fraction of sp³-hybridized carbons (Fsp3) is 0.647. The van der Waals surface area contributed by atoms with Crippen LogP contribution in [0.25, 0.3) is 0 Å². The fourth-order valence-electron chi connectivity index (χ4n) is 3.27. The number of hydrogen-bond acceptors (Lipinski definition) is 2. The Morgan fingerprint density at radius 1 is 1.16 bits per heavy atom. The van der Waals surface area contributed by atoms with Crippen LogP contribution in [0, 0.1) is 5.92 Å². The van der Waals surface area contributed by atoms with E-state index in [4.69, 9.17) is 0 Å². The van der Waals surface area contributed by atoms with Gasteiger partial charge < -0.3 is 5.32 Å². The number of nitrogens with one attached hydrogen (secondary N) is 1. The molecule has 2 atom stereocenters. The molecule has 0 spiro atoms. The van der Waals surface area contributed by atoms with E-state index in [1.54, 1.807) is 0 Å². The van der Waals surface area contributed by atoms with Crippen molar-refractivity contribution in [1.82, 2.24) is 10.2 Å². The summed E-state index contributed by atoms with van der Waals surface area (Å²) in [6.07, 6.45) is 4.15. The van der Waals surface area contributed by atoms with Crippen LogP contribution in [-0.4, -0.2) is 30.6 Å². The van der Waals surface area contributed by atoms with Gasteiger partial charge in [0.05, 0.1) is 0 Å². The molecule has 2 heteroatoms. The van der Waals surface area contributed by atoms with Gasteiger partial charge in [-0.05, 0) is 37.4 Å². The van der Waals surface area contributed by atoms with Gasteiger partial charge in [0.2, 0.25) is 0 Å². The Bertz CT molecular complexity index is 350. The molecule has 1 aliphatic rings. The molecule has 1 aromatic carbocycles. The molecule has 0 radical (unpaired) electrons. The van der Waals surface area contributed by atoms with Gasteiger partial charge in [-0.25, -0.2) is 0 Å².